The molecule has 9 nitrogen and oxygen atoms in total. The number of imidazole rings is 1. The van der Waals surface area contributed by atoms with E-state index in [2.05, 4.69) is 14.9 Å². The van der Waals surface area contributed by atoms with Gasteiger partial charge in [0.2, 0.25) is 0 Å². The minimum absolute atomic E-state index is 0.131. The zero-order valence-electron chi connectivity index (χ0n) is 16.0. The molecule has 1 atom stereocenters. The van der Waals surface area contributed by atoms with Gasteiger partial charge in [0, 0.05) is 17.3 Å². The van der Waals surface area contributed by atoms with Gasteiger partial charge in [-0.1, -0.05) is 0 Å². The number of hydrogen-bond donors (Lipinski definition) is 3. The van der Waals surface area contributed by atoms with E-state index in [1.165, 1.54) is 0 Å². The Bertz CT molecular complexity index is 1320. The van der Waals surface area contributed by atoms with Crippen LogP contribution in [0.5, 0.6) is 5.75 Å². The van der Waals surface area contributed by atoms with Crippen LogP contribution >= 0.6 is 0 Å². The average molecular weight is 405 g/mol. The van der Waals surface area contributed by atoms with E-state index in [0.29, 0.717) is 35.7 Å². The second-order valence-corrected chi connectivity index (χ2v) is 7.81. The molecule has 1 aliphatic carbocycles. The highest BCUT2D eigenvalue weighted by Gasteiger charge is 2.36. The van der Waals surface area contributed by atoms with Gasteiger partial charge in [-0.3, -0.25) is 0 Å². The largest absolute Gasteiger partial charge is 0.489 e. The number of aromatic nitrogens is 3. The summed E-state index contributed by atoms with van der Waals surface area (Å²) in [5, 5.41) is 12.7. The van der Waals surface area contributed by atoms with Crippen LogP contribution in [0.25, 0.3) is 33.5 Å². The summed E-state index contributed by atoms with van der Waals surface area (Å²) in [5.41, 5.74) is 10.2. The van der Waals surface area contributed by atoms with Crippen LogP contribution in [0.1, 0.15) is 12.8 Å². The third kappa shape index (κ3) is 2.66. The van der Waals surface area contributed by atoms with Gasteiger partial charge in [-0.25, -0.2) is 9.78 Å². The molecule has 9 heteroatoms. The number of nitrogens with two attached hydrogens (primary N) is 1. The molecule has 1 aliphatic heterocycles. The minimum Gasteiger partial charge on any atom is -0.489 e. The summed E-state index contributed by atoms with van der Waals surface area (Å²) in [7, 11) is 0. The summed E-state index contributed by atoms with van der Waals surface area (Å²) >= 11 is 0. The third-order valence-corrected chi connectivity index (χ3v) is 5.72. The van der Waals surface area contributed by atoms with Gasteiger partial charge in [0.05, 0.1) is 12.1 Å². The quantitative estimate of drug-likeness (QED) is 0.462. The fourth-order valence-electron chi connectivity index (χ4n) is 4.18. The van der Waals surface area contributed by atoms with Gasteiger partial charge in [-0.15, -0.1) is 0 Å². The summed E-state index contributed by atoms with van der Waals surface area (Å²) in [5.74, 6) is 0.836. The van der Waals surface area contributed by atoms with Crippen LogP contribution in [-0.4, -0.2) is 38.3 Å². The summed E-state index contributed by atoms with van der Waals surface area (Å²) in [6.07, 6.45) is 1.87. The van der Waals surface area contributed by atoms with Crippen LogP contribution < -0.4 is 15.8 Å². The molecule has 4 aromatic rings. The van der Waals surface area contributed by atoms with Crippen LogP contribution in [-0.2, 0) is 11.3 Å². The molecule has 4 N–H and O–H groups in total. The number of ether oxygens (including phenoxy) is 1. The molecule has 0 bridgehead atoms. The van der Waals surface area contributed by atoms with Crippen molar-refractivity contribution < 1.29 is 19.1 Å². The number of oxazole rings is 1. The number of carboxylic acids is 1. The highest BCUT2D eigenvalue weighted by Crippen LogP contribution is 2.39. The first-order valence-corrected chi connectivity index (χ1v) is 9.90. The molecule has 6 rings (SSSR count). The van der Waals surface area contributed by atoms with Crippen molar-refractivity contribution in [2.45, 2.75) is 25.4 Å². The van der Waals surface area contributed by atoms with E-state index in [0.717, 1.165) is 35.3 Å². The highest BCUT2D eigenvalue weighted by atomic mass is 16.5. The molecular formula is C21H19N5O4. The van der Waals surface area contributed by atoms with Crippen LogP contribution in [0.2, 0.25) is 0 Å². The Labute approximate surface area is 170 Å². The van der Waals surface area contributed by atoms with E-state index in [4.69, 9.17) is 19.9 Å². The number of fused-ring (bicyclic) bond motifs is 1. The van der Waals surface area contributed by atoms with E-state index in [1.807, 2.05) is 30.3 Å². The number of nitrogens with one attached hydrogen (secondary N) is 1. The van der Waals surface area contributed by atoms with Crippen molar-refractivity contribution in [3.8, 4) is 17.1 Å². The molecule has 152 valence electrons. The van der Waals surface area contributed by atoms with Crippen molar-refractivity contribution in [1.29, 1.82) is 0 Å². The highest BCUT2D eigenvalue weighted by molar-refractivity contribution is 5.91. The topological polar surface area (TPSA) is 128 Å². The Morgan fingerprint density at radius 1 is 1.23 bits per heavy atom. The van der Waals surface area contributed by atoms with Gasteiger partial charge in [0.15, 0.2) is 5.58 Å². The molecule has 2 aliphatic rings. The Balaban J connectivity index is 1.46. The Morgan fingerprint density at radius 3 is 2.90 bits per heavy atom. The van der Waals surface area contributed by atoms with Crippen molar-refractivity contribution in [2.24, 2.45) is 5.92 Å². The van der Waals surface area contributed by atoms with E-state index in [-0.39, 0.29) is 11.9 Å². The van der Waals surface area contributed by atoms with Crippen LogP contribution in [0, 0.1) is 5.92 Å². The van der Waals surface area contributed by atoms with Crippen molar-refractivity contribution in [2.75, 3.05) is 17.7 Å². The number of carbonyl (C=O) groups is 1. The lowest BCUT2D eigenvalue weighted by molar-refractivity contribution is -0.138. The van der Waals surface area contributed by atoms with E-state index < -0.39 is 12.0 Å². The summed E-state index contributed by atoms with van der Waals surface area (Å²) < 4.78 is 13.4. The number of nitrogens with zero attached hydrogens (tertiary/aromatic N) is 3. The van der Waals surface area contributed by atoms with Gasteiger partial charge < -0.3 is 29.9 Å². The van der Waals surface area contributed by atoms with Crippen molar-refractivity contribution in [3.63, 3.8) is 0 Å². The van der Waals surface area contributed by atoms with Crippen molar-refractivity contribution in [1.82, 2.24) is 14.5 Å². The van der Waals surface area contributed by atoms with Gasteiger partial charge in [0.1, 0.15) is 35.3 Å². The SMILES string of the molecule is Nc1nc2cc(-c3nc4cc(N[C@H](C(=O)O)C5CC5)cc5c4n3CCO5)ccc2o1. The van der Waals surface area contributed by atoms with Gasteiger partial charge in [-0.2, -0.15) is 4.98 Å². The Hall–Kier alpha value is -3.75. The normalized spacial score (nSPS) is 16.5. The molecule has 1 fully saturated rings. The van der Waals surface area contributed by atoms with Gasteiger partial charge >= 0.3 is 5.97 Å². The van der Waals surface area contributed by atoms with Crippen LogP contribution in [0.15, 0.2) is 34.7 Å². The van der Waals surface area contributed by atoms with Crippen molar-refractivity contribution in [3.05, 3.63) is 30.3 Å². The number of nitrogen functional groups attached to an aromatic ring is 1. The lowest BCUT2D eigenvalue weighted by atomic mass is 10.1. The molecular weight excluding hydrogens is 386 g/mol. The average Bonchev–Trinajstić information content (AvgIpc) is 3.39. The maximum Gasteiger partial charge on any atom is 0.326 e. The molecule has 0 unspecified atom stereocenters. The molecule has 3 heterocycles. The Morgan fingerprint density at radius 2 is 2.10 bits per heavy atom. The maximum absolute atomic E-state index is 11.6. The zero-order valence-corrected chi connectivity index (χ0v) is 16.0. The van der Waals surface area contributed by atoms with Gasteiger partial charge in [0.25, 0.3) is 6.01 Å². The second kappa shape index (κ2) is 6.12. The molecule has 0 radical (unpaired) electrons. The summed E-state index contributed by atoms with van der Waals surface area (Å²) in [4.78, 5) is 20.7. The third-order valence-electron chi connectivity index (χ3n) is 5.72. The maximum atomic E-state index is 11.6. The Kier molecular flexibility index (Phi) is 3.50. The summed E-state index contributed by atoms with van der Waals surface area (Å²) in [6, 6.07) is 8.95. The second-order valence-electron chi connectivity index (χ2n) is 7.81. The molecule has 0 amide bonds. The molecule has 2 aromatic carbocycles. The number of anilines is 2. The van der Waals surface area contributed by atoms with E-state index in [9.17, 15) is 9.90 Å². The minimum atomic E-state index is -0.835. The lowest BCUT2D eigenvalue weighted by Gasteiger charge is -2.20. The number of benzene rings is 2. The first kappa shape index (κ1) is 17.1. The molecule has 2 aromatic heterocycles. The monoisotopic (exact) mass is 405 g/mol. The molecule has 30 heavy (non-hydrogen) atoms. The smallest absolute Gasteiger partial charge is 0.326 e. The first-order chi connectivity index (χ1) is 14.6. The van der Waals surface area contributed by atoms with Crippen molar-refractivity contribution >= 4 is 39.8 Å². The fourth-order valence-corrected chi connectivity index (χ4v) is 4.18. The fraction of sp³-hybridized carbons (Fsp3) is 0.286. The number of rotatable bonds is 5. The standard InChI is InChI=1S/C21H19N5O4/c22-21-25-13-7-11(3-4-15(13)30-21)19-24-14-8-12(23-17(20(27)28)10-1-2-10)9-16-18(14)26(19)5-6-29-16/h3-4,7-10,17,23H,1-2,5-6H2,(H2,22,25)(H,27,28)/t17-/m0/s1. The van der Waals surface area contributed by atoms with Gasteiger partial charge in [-0.05, 0) is 43.0 Å². The van der Waals surface area contributed by atoms with E-state index >= 15 is 0 Å². The van der Waals surface area contributed by atoms with Crippen LogP contribution in [0.3, 0.4) is 0 Å². The predicted octanol–water partition coefficient (Wildman–Crippen LogP) is 3.09. The first-order valence-electron chi connectivity index (χ1n) is 9.90. The lowest BCUT2D eigenvalue weighted by Crippen LogP contribution is -2.31. The molecule has 0 saturated heterocycles. The number of aliphatic carboxylic acids is 1. The predicted molar refractivity (Wildman–Crippen MR) is 110 cm³/mol. The number of hydrogen-bond acceptors (Lipinski definition) is 7. The molecule has 1 saturated carbocycles. The zero-order chi connectivity index (χ0) is 20.4. The number of carboxylic acid groups (broad SMARTS) is 1. The van der Waals surface area contributed by atoms with E-state index in [1.54, 1.807) is 0 Å². The molecule has 0 spiro atoms. The summed E-state index contributed by atoms with van der Waals surface area (Å²) in [6.45, 7) is 1.18. The van der Waals surface area contributed by atoms with Crippen LogP contribution in [0.4, 0.5) is 11.7 Å².